The van der Waals surface area contributed by atoms with Crippen molar-refractivity contribution in [1.29, 1.82) is 0 Å². The summed E-state index contributed by atoms with van der Waals surface area (Å²) in [5, 5.41) is 39.5. The van der Waals surface area contributed by atoms with Crippen molar-refractivity contribution in [1.82, 2.24) is 0 Å². The maximum absolute atomic E-state index is 12.4. The van der Waals surface area contributed by atoms with Gasteiger partial charge in [0.25, 0.3) is 0 Å². The molecule has 0 aliphatic rings. The number of aromatic hydroxyl groups is 4. The lowest BCUT2D eigenvalue weighted by Gasteiger charge is -2.11. The second-order valence-electron chi connectivity index (χ2n) is 5.17. The molecule has 2 aromatic carbocycles. The van der Waals surface area contributed by atoms with Gasteiger partial charge >= 0.3 is 0 Å². The van der Waals surface area contributed by atoms with Crippen molar-refractivity contribution in [3.63, 3.8) is 0 Å². The zero-order valence-electron chi connectivity index (χ0n) is 13.2. The van der Waals surface area contributed by atoms with E-state index in [-0.39, 0.29) is 45.3 Å². The molecule has 0 atom stereocenters. The molecule has 8 heteroatoms. The highest BCUT2D eigenvalue weighted by Crippen LogP contribution is 2.43. The van der Waals surface area contributed by atoms with Gasteiger partial charge in [-0.1, -0.05) is 0 Å². The van der Waals surface area contributed by atoms with Gasteiger partial charge in [0, 0.05) is 18.2 Å². The molecular formula is C17H14O8. The van der Waals surface area contributed by atoms with Crippen molar-refractivity contribution < 1.29 is 34.3 Å². The summed E-state index contributed by atoms with van der Waals surface area (Å²) in [6, 6.07) is 4.51. The van der Waals surface area contributed by atoms with Gasteiger partial charge in [0.1, 0.15) is 22.5 Å². The Morgan fingerprint density at radius 2 is 1.60 bits per heavy atom. The molecule has 0 aliphatic heterocycles. The first-order chi connectivity index (χ1) is 11.9. The van der Waals surface area contributed by atoms with E-state index in [0.717, 1.165) is 18.2 Å². The van der Waals surface area contributed by atoms with Gasteiger partial charge < -0.3 is 34.3 Å². The van der Waals surface area contributed by atoms with Crippen molar-refractivity contribution in [3.05, 3.63) is 34.5 Å². The maximum atomic E-state index is 12.4. The Hall–Kier alpha value is -3.55. The van der Waals surface area contributed by atoms with Crippen molar-refractivity contribution in [2.45, 2.75) is 0 Å². The SMILES string of the molecule is COc1cc(-c2cc(=O)c3c(O)c(OC)c(O)cc3o2)c(O)cc1O. The van der Waals surface area contributed by atoms with Crippen LogP contribution in [0.3, 0.4) is 0 Å². The van der Waals surface area contributed by atoms with E-state index in [1.54, 1.807) is 0 Å². The fourth-order valence-corrected chi connectivity index (χ4v) is 2.52. The first-order valence-corrected chi connectivity index (χ1v) is 7.04. The minimum Gasteiger partial charge on any atom is -0.507 e. The number of phenols is 4. The Morgan fingerprint density at radius 1 is 0.880 bits per heavy atom. The van der Waals surface area contributed by atoms with Crippen LogP contribution in [0.25, 0.3) is 22.3 Å². The van der Waals surface area contributed by atoms with Crippen LogP contribution in [-0.2, 0) is 0 Å². The molecule has 0 aliphatic carbocycles. The molecule has 0 bridgehead atoms. The van der Waals surface area contributed by atoms with Crippen LogP contribution in [0.1, 0.15) is 0 Å². The Balaban J connectivity index is 2.32. The molecule has 0 radical (unpaired) electrons. The molecule has 0 saturated heterocycles. The monoisotopic (exact) mass is 346 g/mol. The smallest absolute Gasteiger partial charge is 0.203 e. The Kier molecular flexibility index (Phi) is 3.80. The summed E-state index contributed by atoms with van der Waals surface area (Å²) < 4.78 is 15.4. The van der Waals surface area contributed by atoms with Crippen molar-refractivity contribution in [2.24, 2.45) is 0 Å². The lowest BCUT2D eigenvalue weighted by Crippen LogP contribution is -2.02. The molecule has 1 aromatic heterocycles. The third-order valence-electron chi connectivity index (χ3n) is 3.69. The highest BCUT2D eigenvalue weighted by Gasteiger charge is 2.20. The molecule has 0 fully saturated rings. The van der Waals surface area contributed by atoms with Gasteiger partial charge in [0.15, 0.2) is 28.4 Å². The number of hydrogen-bond acceptors (Lipinski definition) is 8. The topological polar surface area (TPSA) is 130 Å². The second kappa shape index (κ2) is 5.82. The minimum absolute atomic E-state index is 0.0442. The Morgan fingerprint density at radius 3 is 2.24 bits per heavy atom. The van der Waals surface area contributed by atoms with Gasteiger partial charge in [-0.15, -0.1) is 0 Å². The zero-order valence-corrected chi connectivity index (χ0v) is 13.2. The lowest BCUT2D eigenvalue weighted by molar-refractivity contribution is 0.346. The number of rotatable bonds is 3. The Labute approximate surface area is 140 Å². The maximum Gasteiger partial charge on any atom is 0.203 e. The molecule has 3 rings (SSSR count). The van der Waals surface area contributed by atoms with Crippen LogP contribution in [0, 0.1) is 0 Å². The summed E-state index contributed by atoms with van der Waals surface area (Å²) in [5.74, 6) is -1.82. The molecule has 0 saturated carbocycles. The van der Waals surface area contributed by atoms with E-state index in [9.17, 15) is 25.2 Å². The first kappa shape index (κ1) is 16.3. The molecule has 0 amide bonds. The molecule has 0 spiro atoms. The van der Waals surface area contributed by atoms with Gasteiger partial charge in [0.2, 0.25) is 5.75 Å². The summed E-state index contributed by atoms with van der Waals surface area (Å²) in [7, 11) is 2.56. The van der Waals surface area contributed by atoms with Crippen LogP contribution in [-0.4, -0.2) is 34.6 Å². The fraction of sp³-hybridized carbons (Fsp3) is 0.118. The Bertz CT molecular complexity index is 1040. The average molecular weight is 346 g/mol. The summed E-state index contributed by atoms with van der Waals surface area (Å²) in [5.41, 5.74) is -0.633. The molecule has 8 nitrogen and oxygen atoms in total. The number of hydrogen-bond donors (Lipinski definition) is 4. The first-order valence-electron chi connectivity index (χ1n) is 7.04. The van der Waals surface area contributed by atoms with Crippen LogP contribution in [0.15, 0.2) is 33.5 Å². The largest absolute Gasteiger partial charge is 0.507 e. The van der Waals surface area contributed by atoms with Crippen LogP contribution >= 0.6 is 0 Å². The van der Waals surface area contributed by atoms with E-state index in [0.29, 0.717) is 0 Å². The molecule has 4 N–H and O–H groups in total. The average Bonchev–Trinajstić information content (AvgIpc) is 2.54. The third kappa shape index (κ3) is 2.53. The summed E-state index contributed by atoms with van der Waals surface area (Å²) in [6.07, 6.45) is 0. The number of methoxy groups -OCH3 is 2. The predicted molar refractivity (Wildman–Crippen MR) is 87.7 cm³/mol. The van der Waals surface area contributed by atoms with Crippen molar-refractivity contribution in [3.8, 4) is 45.8 Å². The quantitative estimate of drug-likeness (QED) is 0.568. The fourth-order valence-electron chi connectivity index (χ4n) is 2.52. The number of fused-ring (bicyclic) bond motifs is 1. The van der Waals surface area contributed by atoms with Crippen molar-refractivity contribution >= 4 is 11.0 Å². The lowest BCUT2D eigenvalue weighted by atomic mass is 10.1. The van der Waals surface area contributed by atoms with Gasteiger partial charge in [0.05, 0.1) is 19.8 Å². The van der Waals surface area contributed by atoms with E-state index in [1.807, 2.05) is 0 Å². The molecule has 0 unspecified atom stereocenters. The van der Waals surface area contributed by atoms with E-state index >= 15 is 0 Å². The van der Waals surface area contributed by atoms with Gasteiger partial charge in [-0.25, -0.2) is 0 Å². The highest BCUT2D eigenvalue weighted by molar-refractivity contribution is 5.89. The summed E-state index contributed by atoms with van der Waals surface area (Å²) in [4.78, 5) is 12.4. The molecular weight excluding hydrogens is 332 g/mol. The molecule has 1 heterocycles. The summed E-state index contributed by atoms with van der Waals surface area (Å²) in [6.45, 7) is 0. The second-order valence-corrected chi connectivity index (χ2v) is 5.17. The third-order valence-corrected chi connectivity index (χ3v) is 3.69. The summed E-state index contributed by atoms with van der Waals surface area (Å²) >= 11 is 0. The van der Waals surface area contributed by atoms with Crippen LogP contribution in [0.4, 0.5) is 0 Å². The standard InChI is InChI=1S/C17H14O8/c1-23-13-3-7(8(18)4-9(13)19)12-5-10(20)15-14(25-12)6-11(21)17(24-2)16(15)22/h3-6,18-19,21-22H,1-2H3. The van der Waals surface area contributed by atoms with E-state index in [2.05, 4.69) is 0 Å². The highest BCUT2D eigenvalue weighted by atomic mass is 16.5. The van der Waals surface area contributed by atoms with Crippen LogP contribution < -0.4 is 14.9 Å². The van der Waals surface area contributed by atoms with Crippen LogP contribution in [0.2, 0.25) is 0 Å². The normalized spacial score (nSPS) is 10.8. The van der Waals surface area contributed by atoms with E-state index < -0.39 is 16.9 Å². The zero-order chi connectivity index (χ0) is 18.3. The number of ether oxygens (including phenoxy) is 2. The minimum atomic E-state index is -0.613. The molecule has 3 aromatic rings. The molecule has 130 valence electrons. The number of phenolic OH excluding ortho intramolecular Hbond substituents is 4. The van der Waals surface area contributed by atoms with Gasteiger partial charge in [-0.2, -0.15) is 0 Å². The van der Waals surface area contributed by atoms with Crippen LogP contribution in [0.5, 0.6) is 34.5 Å². The van der Waals surface area contributed by atoms with Gasteiger partial charge in [-0.3, -0.25) is 4.79 Å². The molecule has 25 heavy (non-hydrogen) atoms. The van der Waals surface area contributed by atoms with Gasteiger partial charge in [-0.05, 0) is 6.07 Å². The number of benzene rings is 2. The van der Waals surface area contributed by atoms with E-state index in [1.165, 1.54) is 20.3 Å². The van der Waals surface area contributed by atoms with Crippen molar-refractivity contribution in [2.75, 3.05) is 14.2 Å². The predicted octanol–water partition coefficient (Wildman–Crippen LogP) is 2.30. The van der Waals surface area contributed by atoms with E-state index in [4.69, 9.17) is 13.9 Å².